The minimum atomic E-state index is -0.533. The highest BCUT2D eigenvalue weighted by Gasteiger charge is 2.14. The zero-order chi connectivity index (χ0) is 21.5. The van der Waals surface area contributed by atoms with Crippen LogP contribution in [-0.2, 0) is 22.6 Å². The molecule has 0 unspecified atom stereocenters. The summed E-state index contributed by atoms with van der Waals surface area (Å²) in [5, 5.41) is 9.75. The summed E-state index contributed by atoms with van der Waals surface area (Å²) in [6.07, 6.45) is 1.08. The number of aryl methyl sites for hydroxylation is 1. The van der Waals surface area contributed by atoms with Crippen molar-refractivity contribution in [2.24, 2.45) is 0 Å². The quantitative estimate of drug-likeness (QED) is 0.631. The molecule has 1 heterocycles. The molecule has 0 aliphatic carbocycles. The van der Waals surface area contributed by atoms with Crippen LogP contribution >= 0.6 is 0 Å². The summed E-state index contributed by atoms with van der Waals surface area (Å²) in [5.41, 5.74) is 2.58. The van der Waals surface area contributed by atoms with Crippen molar-refractivity contribution in [3.63, 3.8) is 0 Å². The number of carbonyl (C=O) groups is 2. The Balaban J connectivity index is 1.91. The molecule has 3 aromatic rings. The Morgan fingerprint density at radius 2 is 1.70 bits per heavy atom. The summed E-state index contributed by atoms with van der Waals surface area (Å²) in [6, 6.07) is 18.3. The third kappa shape index (κ3) is 5.20. The van der Waals surface area contributed by atoms with E-state index in [2.05, 4.69) is 15.7 Å². The average Bonchev–Trinajstić information content (AvgIpc) is 2.76. The highest BCUT2D eigenvalue weighted by atomic mass is 16.2. The van der Waals surface area contributed by atoms with Crippen molar-refractivity contribution in [2.75, 3.05) is 10.6 Å². The van der Waals surface area contributed by atoms with Gasteiger partial charge in [0.25, 0.3) is 5.56 Å². The monoisotopic (exact) mass is 404 g/mol. The lowest BCUT2D eigenvalue weighted by molar-refractivity contribution is -0.117. The predicted octanol–water partition coefficient (Wildman–Crippen LogP) is 3.46. The van der Waals surface area contributed by atoms with Crippen molar-refractivity contribution in [3.05, 3.63) is 76.6 Å². The first-order chi connectivity index (χ1) is 14.5. The van der Waals surface area contributed by atoms with Crippen LogP contribution in [0.5, 0.6) is 0 Å². The van der Waals surface area contributed by atoms with Crippen LogP contribution in [0.1, 0.15) is 25.8 Å². The van der Waals surface area contributed by atoms with Gasteiger partial charge in [-0.15, -0.1) is 0 Å². The fraction of sp³-hybridized carbons (Fsp3) is 0.217. The molecule has 2 N–H and O–H groups in total. The number of nitrogens with one attached hydrogen (secondary N) is 2. The minimum Gasteiger partial charge on any atom is -0.324 e. The maximum Gasteiger partial charge on any atom is 0.291 e. The fourth-order valence-corrected chi connectivity index (χ4v) is 2.93. The molecule has 2 aromatic carbocycles. The Morgan fingerprint density at radius 3 is 2.40 bits per heavy atom. The van der Waals surface area contributed by atoms with Gasteiger partial charge in [-0.05, 0) is 30.2 Å². The van der Waals surface area contributed by atoms with Crippen molar-refractivity contribution >= 4 is 23.2 Å². The first-order valence-corrected chi connectivity index (χ1v) is 9.86. The SMILES string of the molecule is CCC(=O)Nc1cc(-c2ccccc2)nn(CC(=O)Nc2cccc(CC)c2)c1=O. The normalized spacial score (nSPS) is 10.5. The topological polar surface area (TPSA) is 93.1 Å². The zero-order valence-corrected chi connectivity index (χ0v) is 17.0. The van der Waals surface area contributed by atoms with E-state index in [-0.39, 0.29) is 30.5 Å². The van der Waals surface area contributed by atoms with Crippen molar-refractivity contribution in [3.8, 4) is 11.3 Å². The largest absolute Gasteiger partial charge is 0.324 e. The number of anilines is 2. The van der Waals surface area contributed by atoms with E-state index in [9.17, 15) is 14.4 Å². The molecule has 0 aliphatic rings. The molecule has 30 heavy (non-hydrogen) atoms. The zero-order valence-electron chi connectivity index (χ0n) is 17.0. The lowest BCUT2D eigenvalue weighted by Crippen LogP contribution is -2.32. The molecule has 0 saturated carbocycles. The third-order valence-electron chi connectivity index (χ3n) is 4.55. The van der Waals surface area contributed by atoms with Crippen LogP contribution < -0.4 is 16.2 Å². The van der Waals surface area contributed by atoms with Crippen LogP contribution in [-0.4, -0.2) is 21.6 Å². The van der Waals surface area contributed by atoms with Gasteiger partial charge in [-0.3, -0.25) is 14.4 Å². The first kappa shape index (κ1) is 21.0. The van der Waals surface area contributed by atoms with Crippen molar-refractivity contribution in [2.45, 2.75) is 33.2 Å². The average molecular weight is 404 g/mol. The highest BCUT2D eigenvalue weighted by molar-refractivity contribution is 5.92. The summed E-state index contributed by atoms with van der Waals surface area (Å²) in [7, 11) is 0. The van der Waals surface area contributed by atoms with Gasteiger partial charge in [0.05, 0.1) is 5.69 Å². The molecule has 2 amide bonds. The summed E-state index contributed by atoms with van der Waals surface area (Å²) in [6.45, 7) is 3.46. The van der Waals surface area contributed by atoms with E-state index in [0.717, 1.165) is 22.2 Å². The van der Waals surface area contributed by atoms with Crippen LogP contribution in [0.2, 0.25) is 0 Å². The number of carbonyl (C=O) groups excluding carboxylic acids is 2. The van der Waals surface area contributed by atoms with Gasteiger partial charge in [0.2, 0.25) is 11.8 Å². The number of hydrogen-bond donors (Lipinski definition) is 2. The Bertz CT molecular complexity index is 1110. The molecule has 154 valence electrons. The van der Waals surface area contributed by atoms with Gasteiger partial charge < -0.3 is 10.6 Å². The van der Waals surface area contributed by atoms with E-state index in [1.807, 2.05) is 55.5 Å². The van der Waals surface area contributed by atoms with Crippen molar-refractivity contribution in [1.29, 1.82) is 0 Å². The van der Waals surface area contributed by atoms with Crippen LogP contribution in [0.4, 0.5) is 11.4 Å². The molecule has 1 aromatic heterocycles. The fourth-order valence-electron chi connectivity index (χ4n) is 2.93. The van der Waals surface area contributed by atoms with Gasteiger partial charge in [0, 0.05) is 17.7 Å². The molecule has 0 aliphatic heterocycles. The van der Waals surface area contributed by atoms with E-state index in [1.165, 1.54) is 6.07 Å². The van der Waals surface area contributed by atoms with Gasteiger partial charge in [-0.2, -0.15) is 5.10 Å². The molecule has 7 nitrogen and oxygen atoms in total. The standard InChI is InChI=1S/C23H24N4O3/c1-3-16-9-8-12-18(13-16)24-22(29)15-27-23(30)20(25-21(28)4-2)14-19(26-27)17-10-6-5-7-11-17/h5-14H,3-4,15H2,1-2H3,(H,24,29)(H,25,28). The third-order valence-corrected chi connectivity index (χ3v) is 4.55. The van der Waals surface area contributed by atoms with E-state index < -0.39 is 5.56 Å². The molecule has 0 saturated heterocycles. The molecule has 0 spiro atoms. The van der Waals surface area contributed by atoms with E-state index in [4.69, 9.17) is 0 Å². The first-order valence-electron chi connectivity index (χ1n) is 9.86. The van der Waals surface area contributed by atoms with E-state index in [1.54, 1.807) is 13.0 Å². The summed E-state index contributed by atoms with van der Waals surface area (Å²) in [5.74, 6) is -0.666. The van der Waals surface area contributed by atoms with Gasteiger partial charge in [0.1, 0.15) is 12.2 Å². The maximum atomic E-state index is 12.8. The van der Waals surface area contributed by atoms with Crippen molar-refractivity contribution in [1.82, 2.24) is 9.78 Å². The molecular formula is C23H24N4O3. The Hall–Kier alpha value is -3.74. The maximum absolute atomic E-state index is 12.8. The number of rotatable bonds is 7. The highest BCUT2D eigenvalue weighted by Crippen LogP contribution is 2.18. The Morgan fingerprint density at radius 1 is 0.933 bits per heavy atom. The lowest BCUT2D eigenvalue weighted by Gasteiger charge is -2.12. The van der Waals surface area contributed by atoms with Crippen LogP contribution in [0.25, 0.3) is 11.3 Å². The van der Waals surface area contributed by atoms with Gasteiger partial charge in [0.15, 0.2) is 0 Å². The van der Waals surface area contributed by atoms with Gasteiger partial charge in [-0.25, -0.2) is 4.68 Å². The number of amides is 2. The summed E-state index contributed by atoms with van der Waals surface area (Å²) in [4.78, 5) is 37.2. The van der Waals surface area contributed by atoms with Crippen LogP contribution in [0.3, 0.4) is 0 Å². The molecule has 0 radical (unpaired) electrons. The number of aromatic nitrogens is 2. The smallest absolute Gasteiger partial charge is 0.291 e. The second kappa shape index (κ2) is 9.65. The number of hydrogen-bond acceptors (Lipinski definition) is 4. The molecule has 0 fully saturated rings. The summed E-state index contributed by atoms with van der Waals surface area (Å²) >= 11 is 0. The molecule has 0 bridgehead atoms. The molecule has 0 atom stereocenters. The van der Waals surface area contributed by atoms with E-state index in [0.29, 0.717) is 11.4 Å². The molecule has 7 heteroatoms. The molecular weight excluding hydrogens is 380 g/mol. The Labute approximate surface area is 174 Å². The minimum absolute atomic E-state index is 0.0940. The van der Waals surface area contributed by atoms with Gasteiger partial charge >= 0.3 is 0 Å². The number of nitrogens with zero attached hydrogens (tertiary/aromatic N) is 2. The molecule has 3 rings (SSSR count). The van der Waals surface area contributed by atoms with Crippen LogP contribution in [0.15, 0.2) is 65.5 Å². The van der Waals surface area contributed by atoms with E-state index >= 15 is 0 Å². The van der Waals surface area contributed by atoms with Gasteiger partial charge in [-0.1, -0.05) is 56.3 Å². The Kier molecular flexibility index (Phi) is 6.75. The van der Waals surface area contributed by atoms with Crippen LogP contribution in [0, 0.1) is 0 Å². The van der Waals surface area contributed by atoms with Crippen molar-refractivity contribution < 1.29 is 9.59 Å². The lowest BCUT2D eigenvalue weighted by atomic mass is 10.1. The summed E-state index contributed by atoms with van der Waals surface area (Å²) < 4.78 is 1.08. The predicted molar refractivity (Wildman–Crippen MR) is 117 cm³/mol. The second-order valence-electron chi connectivity index (χ2n) is 6.78. The number of benzene rings is 2. The second-order valence-corrected chi connectivity index (χ2v) is 6.78.